The number of likely N-dealkylation sites (tertiary alicyclic amines) is 1. The van der Waals surface area contributed by atoms with Gasteiger partial charge in [0, 0.05) is 51.7 Å². The molecule has 9 heteroatoms. The maximum absolute atomic E-state index is 12.7. The number of carbonyl (C=O) groups excluding carboxylic acids is 1. The molecular formula is C21H37IN6O2. The van der Waals surface area contributed by atoms with E-state index in [9.17, 15) is 4.79 Å². The number of nitrogens with zero attached hydrogens (tertiary/aromatic N) is 5. The summed E-state index contributed by atoms with van der Waals surface area (Å²) in [4.78, 5) is 28.0. The lowest BCUT2D eigenvalue weighted by atomic mass is 9.94. The van der Waals surface area contributed by atoms with Crippen LogP contribution in [0.3, 0.4) is 0 Å². The van der Waals surface area contributed by atoms with Crippen LogP contribution in [0.25, 0.3) is 0 Å². The number of aliphatic imine (C=N–C) groups is 1. The van der Waals surface area contributed by atoms with Crippen molar-refractivity contribution in [2.24, 2.45) is 4.99 Å². The summed E-state index contributed by atoms with van der Waals surface area (Å²) in [5, 5.41) is 3.36. The highest BCUT2D eigenvalue weighted by Crippen LogP contribution is 2.22. The number of amides is 1. The Morgan fingerprint density at radius 3 is 2.33 bits per heavy atom. The zero-order valence-corrected chi connectivity index (χ0v) is 21.3. The molecule has 3 heterocycles. The van der Waals surface area contributed by atoms with Crippen LogP contribution >= 0.6 is 24.0 Å². The lowest BCUT2D eigenvalue weighted by molar-refractivity contribution is -0.135. The van der Waals surface area contributed by atoms with Crippen LogP contribution in [-0.4, -0.2) is 83.9 Å². The van der Waals surface area contributed by atoms with Gasteiger partial charge in [-0.2, -0.15) is 0 Å². The van der Waals surface area contributed by atoms with Crippen molar-refractivity contribution in [1.82, 2.24) is 25.0 Å². The molecule has 0 spiro atoms. The highest BCUT2D eigenvalue weighted by Gasteiger charge is 2.30. The molecule has 1 atom stereocenters. The van der Waals surface area contributed by atoms with Crippen LogP contribution in [-0.2, 0) is 16.8 Å². The van der Waals surface area contributed by atoms with Crippen molar-refractivity contribution in [3.05, 3.63) is 17.8 Å². The molecule has 0 bridgehead atoms. The minimum atomic E-state index is -0.0492. The van der Waals surface area contributed by atoms with Crippen molar-refractivity contribution < 1.29 is 9.21 Å². The number of oxazole rings is 1. The normalized spacial score (nSPS) is 19.6. The summed E-state index contributed by atoms with van der Waals surface area (Å²) < 4.78 is 5.86. The van der Waals surface area contributed by atoms with Crippen molar-refractivity contribution in [2.45, 2.75) is 58.5 Å². The number of piperazine rings is 1. The maximum atomic E-state index is 12.7. The Bertz CT molecular complexity index is 715. The van der Waals surface area contributed by atoms with Crippen LogP contribution in [0.1, 0.15) is 52.2 Å². The van der Waals surface area contributed by atoms with E-state index in [0.29, 0.717) is 12.4 Å². The molecule has 2 aliphatic rings. The van der Waals surface area contributed by atoms with Gasteiger partial charge in [-0.3, -0.25) is 14.7 Å². The number of hydrogen-bond acceptors (Lipinski definition) is 5. The van der Waals surface area contributed by atoms with Gasteiger partial charge in [0.15, 0.2) is 5.96 Å². The largest absolute Gasteiger partial charge is 0.443 e. The third-order valence-electron chi connectivity index (χ3n) is 5.84. The Morgan fingerprint density at radius 1 is 1.17 bits per heavy atom. The summed E-state index contributed by atoms with van der Waals surface area (Å²) in [6.45, 7) is 14.1. The third-order valence-corrected chi connectivity index (χ3v) is 5.84. The number of hydrogen-bond donors (Lipinski definition) is 1. The van der Waals surface area contributed by atoms with E-state index in [1.54, 1.807) is 13.2 Å². The zero-order valence-electron chi connectivity index (χ0n) is 19.0. The van der Waals surface area contributed by atoms with E-state index in [1.807, 2.05) is 11.8 Å². The average Bonchev–Trinajstić information content (AvgIpc) is 3.39. The molecule has 170 valence electrons. The van der Waals surface area contributed by atoms with Crippen LogP contribution in [0.4, 0.5) is 0 Å². The van der Waals surface area contributed by atoms with Gasteiger partial charge >= 0.3 is 0 Å². The fourth-order valence-electron chi connectivity index (χ4n) is 3.90. The molecule has 8 nitrogen and oxygen atoms in total. The highest BCUT2D eigenvalue weighted by atomic mass is 127. The van der Waals surface area contributed by atoms with Crippen LogP contribution in [0.2, 0.25) is 0 Å². The van der Waals surface area contributed by atoms with Crippen molar-refractivity contribution in [3.63, 3.8) is 0 Å². The van der Waals surface area contributed by atoms with E-state index in [2.05, 4.69) is 45.9 Å². The molecular weight excluding hydrogens is 495 g/mol. The predicted octanol–water partition coefficient (Wildman–Crippen LogP) is 2.29. The molecule has 1 unspecified atom stereocenters. The van der Waals surface area contributed by atoms with Gasteiger partial charge in [0.1, 0.15) is 5.76 Å². The van der Waals surface area contributed by atoms with Gasteiger partial charge in [-0.25, -0.2) is 4.98 Å². The molecule has 1 N–H and O–H groups in total. The van der Waals surface area contributed by atoms with E-state index in [4.69, 9.17) is 4.42 Å². The predicted molar refractivity (Wildman–Crippen MR) is 129 cm³/mol. The fraction of sp³-hybridized carbons (Fsp3) is 0.762. The summed E-state index contributed by atoms with van der Waals surface area (Å²) in [6.07, 6.45) is 4.07. The van der Waals surface area contributed by atoms with Crippen LogP contribution in [0.15, 0.2) is 15.6 Å². The molecule has 2 fully saturated rings. The van der Waals surface area contributed by atoms with Gasteiger partial charge in [-0.05, 0) is 19.8 Å². The Hall–Kier alpha value is -1.36. The van der Waals surface area contributed by atoms with Crippen molar-refractivity contribution in [3.8, 4) is 0 Å². The van der Waals surface area contributed by atoms with E-state index in [-0.39, 0.29) is 41.3 Å². The Balaban J connectivity index is 0.00000320. The van der Waals surface area contributed by atoms with E-state index < -0.39 is 0 Å². The summed E-state index contributed by atoms with van der Waals surface area (Å²) in [5.74, 6) is 2.67. The van der Waals surface area contributed by atoms with Crippen LogP contribution in [0.5, 0.6) is 0 Å². The van der Waals surface area contributed by atoms with Crippen molar-refractivity contribution >= 4 is 35.8 Å². The molecule has 0 radical (unpaired) electrons. The smallest absolute Gasteiger partial charge is 0.239 e. The first-order valence-corrected chi connectivity index (χ1v) is 10.7. The molecule has 0 saturated carbocycles. The second-order valence-electron chi connectivity index (χ2n) is 9.00. The Morgan fingerprint density at radius 2 is 1.80 bits per heavy atom. The van der Waals surface area contributed by atoms with E-state index in [0.717, 1.165) is 63.8 Å². The van der Waals surface area contributed by atoms with E-state index in [1.165, 1.54) is 0 Å². The Labute approximate surface area is 197 Å². The first-order valence-electron chi connectivity index (χ1n) is 10.7. The number of carbonyl (C=O) groups is 1. The summed E-state index contributed by atoms with van der Waals surface area (Å²) in [6, 6.07) is -0.0478. The molecule has 30 heavy (non-hydrogen) atoms. The third kappa shape index (κ3) is 6.09. The van der Waals surface area contributed by atoms with Gasteiger partial charge in [-0.1, -0.05) is 20.8 Å². The minimum Gasteiger partial charge on any atom is -0.443 e. The van der Waals surface area contributed by atoms with E-state index >= 15 is 0 Å². The average molecular weight is 532 g/mol. The topological polar surface area (TPSA) is 77.2 Å². The lowest BCUT2D eigenvalue weighted by Crippen LogP contribution is -2.57. The number of halogens is 1. The number of rotatable bonds is 4. The van der Waals surface area contributed by atoms with Crippen LogP contribution < -0.4 is 5.32 Å². The molecule has 0 aromatic carbocycles. The zero-order chi connectivity index (χ0) is 21.0. The monoisotopic (exact) mass is 532 g/mol. The van der Waals surface area contributed by atoms with Crippen LogP contribution in [0, 0.1) is 0 Å². The molecule has 0 aliphatic carbocycles. The summed E-state index contributed by atoms with van der Waals surface area (Å²) >= 11 is 0. The second-order valence-corrected chi connectivity index (χ2v) is 9.00. The molecule has 1 aromatic rings. The van der Waals surface area contributed by atoms with Crippen molar-refractivity contribution in [2.75, 3.05) is 46.3 Å². The molecule has 1 aromatic heterocycles. The van der Waals surface area contributed by atoms with Gasteiger partial charge < -0.3 is 19.5 Å². The summed E-state index contributed by atoms with van der Waals surface area (Å²) in [7, 11) is 1.80. The molecule has 1 amide bonds. The summed E-state index contributed by atoms with van der Waals surface area (Å²) in [5.41, 5.74) is -0.0492. The number of nitrogens with one attached hydrogen (secondary N) is 1. The minimum absolute atomic E-state index is 0. The number of aromatic nitrogens is 1. The standard InChI is InChI=1S/C21H36N6O2.HI/c1-16(19(28)26-8-6-7-9-26)25-10-12-27(13-11-25)20(22-5)24-15-18-23-14-17(29-18)21(2,3)4;/h14,16H,6-13,15H2,1-5H3,(H,22,24);1H. The van der Waals surface area contributed by atoms with Gasteiger partial charge in [0.2, 0.25) is 11.8 Å². The first kappa shape index (κ1) is 24.9. The quantitative estimate of drug-likeness (QED) is 0.365. The molecule has 2 aliphatic heterocycles. The first-order chi connectivity index (χ1) is 13.8. The lowest BCUT2D eigenvalue weighted by Gasteiger charge is -2.39. The number of guanidine groups is 1. The SMILES string of the molecule is CN=C(NCc1ncc(C(C)(C)C)o1)N1CCN(C(C)C(=O)N2CCCC2)CC1.I. The highest BCUT2D eigenvalue weighted by molar-refractivity contribution is 14.0. The maximum Gasteiger partial charge on any atom is 0.239 e. The van der Waals surface area contributed by atoms with Crippen molar-refractivity contribution in [1.29, 1.82) is 0 Å². The van der Waals surface area contributed by atoms with Gasteiger partial charge in [0.25, 0.3) is 0 Å². The second kappa shape index (κ2) is 10.8. The molecule has 2 saturated heterocycles. The Kier molecular flexibility index (Phi) is 8.96. The van der Waals surface area contributed by atoms with Gasteiger partial charge in [0.05, 0.1) is 18.8 Å². The van der Waals surface area contributed by atoms with Gasteiger partial charge in [-0.15, -0.1) is 24.0 Å². The molecule has 3 rings (SSSR count). The fourth-order valence-corrected chi connectivity index (χ4v) is 3.90.